The monoisotopic (exact) mass is 649 g/mol. The molecule has 0 unspecified atom stereocenters. The molecule has 0 spiro atoms. The summed E-state index contributed by atoms with van der Waals surface area (Å²) in [5.74, 6) is -2.68. The molecule has 8 nitrogen and oxygen atoms in total. The van der Waals surface area contributed by atoms with E-state index in [9.17, 15) is 24.9 Å². The minimum atomic E-state index is -0.962. The number of aromatic nitrogens is 1. The number of phenolic OH excluding ortho intramolecular Hbond substituents is 1. The number of para-hydroxylation sites is 1. The summed E-state index contributed by atoms with van der Waals surface area (Å²) in [5, 5.41) is 35.7. The molecule has 2 aliphatic rings. The van der Waals surface area contributed by atoms with Crippen molar-refractivity contribution in [2.24, 2.45) is 17.8 Å². The number of hydrogen-bond acceptors (Lipinski definition) is 7. The lowest BCUT2D eigenvalue weighted by Gasteiger charge is -2.35. The number of imide groups is 1. The molecule has 0 bridgehead atoms. The van der Waals surface area contributed by atoms with Gasteiger partial charge in [0, 0.05) is 23.5 Å². The molecule has 4 N–H and O–H groups in total. The van der Waals surface area contributed by atoms with Crippen molar-refractivity contribution in [2.75, 3.05) is 16.8 Å². The number of benzene rings is 3. The number of carbonyl (C=O) groups is 2. The van der Waals surface area contributed by atoms with Crippen LogP contribution < -0.4 is 10.2 Å². The SMILES string of the molecule is CC1=C([C@H](O)CC/C(=C/c2ccc(O)cc2Cl)c2ccccn2)[C@H](CO)[C@@H]2C(=O)N(c3ccc(Nc4ccccc4)cc3)C(=O)[C@@H]2C1. The molecule has 9 heteroatoms. The van der Waals surface area contributed by atoms with Crippen molar-refractivity contribution in [3.05, 3.63) is 125 Å². The number of aliphatic hydroxyl groups excluding tert-OH is 2. The normalized spacial score (nSPS) is 20.4. The van der Waals surface area contributed by atoms with Gasteiger partial charge in [0.2, 0.25) is 11.8 Å². The topological polar surface area (TPSA) is 123 Å². The maximum Gasteiger partial charge on any atom is 0.238 e. The fraction of sp³-hybridized carbons (Fsp3) is 0.237. The molecule has 1 aliphatic carbocycles. The van der Waals surface area contributed by atoms with E-state index in [2.05, 4.69) is 10.3 Å². The number of nitrogens with one attached hydrogen (secondary N) is 1. The Morgan fingerprint density at radius 1 is 1.00 bits per heavy atom. The zero-order valence-electron chi connectivity index (χ0n) is 25.9. The molecule has 0 saturated carbocycles. The molecule has 1 saturated heterocycles. The third-order valence-electron chi connectivity index (χ3n) is 9.07. The van der Waals surface area contributed by atoms with E-state index >= 15 is 0 Å². The van der Waals surface area contributed by atoms with E-state index in [0.717, 1.165) is 22.5 Å². The predicted octanol–water partition coefficient (Wildman–Crippen LogP) is 7.00. The number of rotatable bonds is 10. The van der Waals surface area contributed by atoms with Gasteiger partial charge in [-0.1, -0.05) is 41.4 Å². The van der Waals surface area contributed by atoms with E-state index < -0.39 is 23.9 Å². The molecule has 6 rings (SSSR count). The van der Waals surface area contributed by atoms with Gasteiger partial charge in [-0.25, -0.2) is 0 Å². The molecule has 2 heterocycles. The van der Waals surface area contributed by atoms with Crippen molar-refractivity contribution in [1.29, 1.82) is 0 Å². The molecule has 1 fully saturated rings. The third-order valence-corrected chi connectivity index (χ3v) is 9.39. The number of hydrogen-bond donors (Lipinski definition) is 4. The number of allylic oxidation sites excluding steroid dienone is 2. The first kappa shape index (κ1) is 32.2. The Bertz CT molecular complexity index is 1830. The first-order valence-corrected chi connectivity index (χ1v) is 16.0. The summed E-state index contributed by atoms with van der Waals surface area (Å²) in [6.07, 6.45) is 3.65. The van der Waals surface area contributed by atoms with E-state index in [1.165, 1.54) is 11.0 Å². The molecular weight excluding hydrogens is 614 g/mol. The van der Waals surface area contributed by atoms with Crippen LogP contribution >= 0.6 is 11.6 Å². The molecule has 1 aliphatic heterocycles. The summed E-state index contributed by atoms with van der Waals surface area (Å²) < 4.78 is 0. The molecule has 2 amide bonds. The van der Waals surface area contributed by atoms with Crippen LogP contribution in [0.5, 0.6) is 5.75 Å². The van der Waals surface area contributed by atoms with Crippen LogP contribution in [0.2, 0.25) is 5.02 Å². The molecule has 47 heavy (non-hydrogen) atoms. The number of aliphatic hydroxyl groups is 2. The highest BCUT2D eigenvalue weighted by atomic mass is 35.5. The summed E-state index contributed by atoms with van der Waals surface area (Å²) in [5.41, 5.74) is 5.88. The number of phenols is 1. The van der Waals surface area contributed by atoms with Gasteiger partial charge in [0.25, 0.3) is 0 Å². The quantitative estimate of drug-likeness (QED) is 0.108. The average Bonchev–Trinajstić information content (AvgIpc) is 3.32. The highest BCUT2D eigenvalue weighted by molar-refractivity contribution is 6.32. The zero-order chi connectivity index (χ0) is 33.1. The third kappa shape index (κ3) is 6.72. The van der Waals surface area contributed by atoms with Gasteiger partial charge in [-0.15, -0.1) is 0 Å². The summed E-state index contributed by atoms with van der Waals surface area (Å²) in [7, 11) is 0. The van der Waals surface area contributed by atoms with Crippen molar-refractivity contribution in [2.45, 2.75) is 32.3 Å². The van der Waals surface area contributed by atoms with Gasteiger partial charge in [0.1, 0.15) is 5.75 Å². The molecule has 4 aromatic rings. The van der Waals surface area contributed by atoms with Gasteiger partial charge >= 0.3 is 0 Å². The highest BCUT2D eigenvalue weighted by Crippen LogP contribution is 2.47. The Morgan fingerprint density at radius 2 is 1.72 bits per heavy atom. The minimum absolute atomic E-state index is 0.0607. The molecule has 0 radical (unpaired) electrons. The summed E-state index contributed by atoms with van der Waals surface area (Å²) in [4.78, 5) is 33.3. The molecule has 1 aromatic heterocycles. The number of fused-ring (bicyclic) bond motifs is 1. The predicted molar refractivity (Wildman–Crippen MR) is 184 cm³/mol. The smallest absolute Gasteiger partial charge is 0.238 e. The van der Waals surface area contributed by atoms with Crippen LogP contribution in [-0.4, -0.2) is 44.8 Å². The second kappa shape index (κ2) is 13.9. The highest BCUT2D eigenvalue weighted by Gasteiger charge is 2.54. The Labute approximate surface area is 278 Å². The van der Waals surface area contributed by atoms with Gasteiger partial charge in [-0.05, 0) is 116 Å². The number of carbonyl (C=O) groups excluding carboxylic acids is 2. The van der Waals surface area contributed by atoms with Crippen LogP contribution in [0.15, 0.2) is 108 Å². The number of nitrogens with zero attached hydrogens (tertiary/aromatic N) is 2. The number of anilines is 3. The van der Waals surface area contributed by atoms with Crippen molar-refractivity contribution < 1.29 is 24.9 Å². The fourth-order valence-electron chi connectivity index (χ4n) is 6.85. The lowest BCUT2D eigenvalue weighted by molar-refractivity contribution is -0.123. The fourth-order valence-corrected chi connectivity index (χ4v) is 7.08. The van der Waals surface area contributed by atoms with Gasteiger partial charge in [0.05, 0.1) is 41.0 Å². The molecule has 4 atom stereocenters. The van der Waals surface area contributed by atoms with Crippen LogP contribution in [0.3, 0.4) is 0 Å². The Hall–Kier alpha value is -4.76. The lowest BCUT2D eigenvalue weighted by atomic mass is 9.68. The van der Waals surface area contributed by atoms with Crippen LogP contribution in [0, 0.1) is 17.8 Å². The molecule has 3 aromatic carbocycles. The number of pyridine rings is 1. The van der Waals surface area contributed by atoms with Crippen molar-refractivity contribution in [3.63, 3.8) is 0 Å². The molecular formula is C38H36ClN3O5. The van der Waals surface area contributed by atoms with E-state index in [0.29, 0.717) is 46.8 Å². The number of aromatic hydroxyl groups is 1. The van der Waals surface area contributed by atoms with E-state index in [4.69, 9.17) is 11.6 Å². The Morgan fingerprint density at radius 3 is 2.40 bits per heavy atom. The van der Waals surface area contributed by atoms with Crippen LogP contribution in [0.1, 0.15) is 37.4 Å². The van der Waals surface area contributed by atoms with Gasteiger partial charge in [0.15, 0.2) is 0 Å². The number of amides is 2. The summed E-state index contributed by atoms with van der Waals surface area (Å²) >= 11 is 6.40. The van der Waals surface area contributed by atoms with E-state index in [-0.39, 0.29) is 24.2 Å². The van der Waals surface area contributed by atoms with Crippen LogP contribution in [-0.2, 0) is 9.59 Å². The lowest BCUT2D eigenvalue weighted by Crippen LogP contribution is -2.38. The maximum absolute atomic E-state index is 13.9. The largest absolute Gasteiger partial charge is 0.508 e. The second-order valence-electron chi connectivity index (χ2n) is 12.1. The van der Waals surface area contributed by atoms with Gasteiger partial charge < -0.3 is 20.6 Å². The summed E-state index contributed by atoms with van der Waals surface area (Å²) in [6.45, 7) is 1.50. The van der Waals surface area contributed by atoms with E-state index in [1.807, 2.05) is 73.7 Å². The van der Waals surface area contributed by atoms with Crippen molar-refractivity contribution in [1.82, 2.24) is 4.98 Å². The van der Waals surface area contributed by atoms with E-state index in [1.54, 1.807) is 30.5 Å². The average molecular weight is 650 g/mol. The first-order valence-electron chi connectivity index (χ1n) is 15.6. The van der Waals surface area contributed by atoms with Gasteiger partial charge in [-0.2, -0.15) is 0 Å². The van der Waals surface area contributed by atoms with Gasteiger partial charge in [-0.3, -0.25) is 19.5 Å². The minimum Gasteiger partial charge on any atom is -0.508 e. The first-order chi connectivity index (χ1) is 22.7. The number of halogens is 1. The zero-order valence-corrected chi connectivity index (χ0v) is 26.6. The van der Waals surface area contributed by atoms with Crippen molar-refractivity contribution in [3.8, 4) is 5.75 Å². The molecule has 240 valence electrons. The Kier molecular flexibility index (Phi) is 9.54. The summed E-state index contributed by atoms with van der Waals surface area (Å²) in [6, 6.07) is 27.2. The standard InChI is InChI=1S/C38H36ClN3O5/c1-23-19-30-36(38(47)42(37(30)46)28-14-12-27(13-15-28)41-26-7-3-2-4-8-26)31(22-43)35(23)34(45)17-11-25(33-9-5-6-18-40-33)20-24-10-16-29(44)21-32(24)39/h2-10,12-16,18,20-21,30-31,34,36,41,43-45H,11,17,19,22H2,1H3/b25-20-/t30-,31+,34-,36-/m1/s1. The second-order valence-corrected chi connectivity index (χ2v) is 12.5. The van der Waals surface area contributed by atoms with Crippen LogP contribution in [0.25, 0.3) is 11.6 Å². The Balaban J connectivity index is 1.21. The van der Waals surface area contributed by atoms with Crippen LogP contribution in [0.4, 0.5) is 17.1 Å². The van der Waals surface area contributed by atoms with Crippen molar-refractivity contribution >= 4 is 52.1 Å². The maximum atomic E-state index is 13.9.